The second-order valence-electron chi connectivity index (χ2n) is 4.18. The number of rotatable bonds is 2. The van der Waals surface area contributed by atoms with E-state index in [-0.39, 0.29) is 6.04 Å². The lowest BCUT2D eigenvalue weighted by atomic mass is 10.2. The Balaban J connectivity index is 2.02. The van der Waals surface area contributed by atoms with Gasteiger partial charge in [-0.15, -0.1) is 11.3 Å². The largest absolute Gasteiger partial charge is 0.369 e. The zero-order chi connectivity index (χ0) is 13.4. The van der Waals surface area contributed by atoms with Crippen LogP contribution in [0.25, 0.3) is 0 Å². The summed E-state index contributed by atoms with van der Waals surface area (Å²) in [6, 6.07) is 11.9. The van der Waals surface area contributed by atoms with Crippen molar-refractivity contribution in [3.05, 3.63) is 50.1 Å². The lowest BCUT2D eigenvalue weighted by molar-refractivity contribution is 0.785. The van der Waals surface area contributed by atoms with Crippen molar-refractivity contribution in [2.24, 2.45) is 10.7 Å². The van der Waals surface area contributed by atoms with Crippen molar-refractivity contribution < 1.29 is 0 Å². The van der Waals surface area contributed by atoms with E-state index in [0.29, 0.717) is 17.5 Å². The molecule has 0 saturated heterocycles. The quantitative estimate of drug-likeness (QED) is 0.882. The van der Waals surface area contributed by atoms with Gasteiger partial charge in [-0.05, 0) is 40.2 Å². The third-order valence-corrected chi connectivity index (χ3v) is 5.06. The molecule has 1 atom stereocenters. The van der Waals surface area contributed by atoms with Gasteiger partial charge in [-0.2, -0.15) is 0 Å². The SMILES string of the molecule is NC1=NCC(c2ccc(Br)s2)N1c1ccccc1Cl. The van der Waals surface area contributed by atoms with Crippen LogP contribution in [0.2, 0.25) is 5.02 Å². The maximum absolute atomic E-state index is 6.27. The summed E-state index contributed by atoms with van der Waals surface area (Å²) in [6.07, 6.45) is 0. The van der Waals surface area contributed by atoms with Gasteiger partial charge in [-0.1, -0.05) is 23.7 Å². The highest BCUT2D eigenvalue weighted by Gasteiger charge is 2.30. The second-order valence-corrected chi connectivity index (χ2v) is 7.08. The van der Waals surface area contributed by atoms with E-state index < -0.39 is 0 Å². The Morgan fingerprint density at radius 2 is 2.11 bits per heavy atom. The number of nitrogens with two attached hydrogens (primary N) is 1. The molecule has 2 aromatic rings. The molecule has 3 rings (SSSR count). The van der Waals surface area contributed by atoms with Crippen LogP contribution < -0.4 is 10.6 Å². The maximum Gasteiger partial charge on any atom is 0.196 e. The van der Waals surface area contributed by atoms with Crippen LogP contribution in [0.3, 0.4) is 0 Å². The number of guanidine groups is 1. The number of halogens is 2. The minimum absolute atomic E-state index is 0.121. The molecule has 0 fully saturated rings. The van der Waals surface area contributed by atoms with E-state index in [9.17, 15) is 0 Å². The molecule has 0 bridgehead atoms. The molecule has 3 nitrogen and oxygen atoms in total. The van der Waals surface area contributed by atoms with Crippen LogP contribution in [0.1, 0.15) is 10.9 Å². The highest BCUT2D eigenvalue weighted by atomic mass is 79.9. The van der Waals surface area contributed by atoms with Crippen molar-refractivity contribution in [3.8, 4) is 0 Å². The molecule has 0 radical (unpaired) electrons. The van der Waals surface area contributed by atoms with Crippen LogP contribution in [-0.2, 0) is 0 Å². The lowest BCUT2D eigenvalue weighted by Gasteiger charge is -2.26. The van der Waals surface area contributed by atoms with Crippen LogP contribution >= 0.6 is 38.9 Å². The molecule has 0 amide bonds. The Kier molecular flexibility index (Phi) is 3.52. The highest BCUT2D eigenvalue weighted by Crippen LogP contribution is 2.38. The standard InChI is InChI=1S/C13H11BrClN3S/c14-12-6-5-11(19-12)10-7-17-13(16)18(10)9-4-2-1-3-8(9)15/h1-6,10H,7H2,(H2,16,17). The van der Waals surface area contributed by atoms with Crippen molar-refractivity contribution >= 4 is 50.5 Å². The Hall–Kier alpha value is -1.04. The van der Waals surface area contributed by atoms with Crippen molar-refractivity contribution in [2.75, 3.05) is 11.4 Å². The molecule has 1 unspecified atom stereocenters. The van der Waals surface area contributed by atoms with E-state index in [1.54, 1.807) is 11.3 Å². The van der Waals surface area contributed by atoms with Gasteiger partial charge < -0.3 is 10.6 Å². The summed E-state index contributed by atoms with van der Waals surface area (Å²) in [7, 11) is 0. The maximum atomic E-state index is 6.27. The Bertz CT molecular complexity index is 640. The Morgan fingerprint density at radius 3 is 2.79 bits per heavy atom. The molecular weight excluding hydrogens is 346 g/mol. The second kappa shape index (κ2) is 5.15. The number of hydrogen-bond acceptors (Lipinski definition) is 4. The fourth-order valence-electron chi connectivity index (χ4n) is 2.16. The normalized spacial score (nSPS) is 18.7. The predicted molar refractivity (Wildman–Crippen MR) is 85.2 cm³/mol. The first-order chi connectivity index (χ1) is 9.16. The van der Waals surface area contributed by atoms with Gasteiger partial charge >= 0.3 is 0 Å². The van der Waals surface area contributed by atoms with E-state index in [1.165, 1.54) is 4.88 Å². The summed E-state index contributed by atoms with van der Waals surface area (Å²) >= 11 is 11.5. The molecule has 1 aromatic carbocycles. The number of nitrogens with zero attached hydrogens (tertiary/aromatic N) is 2. The third-order valence-electron chi connectivity index (χ3n) is 3.02. The third kappa shape index (κ3) is 2.38. The summed E-state index contributed by atoms with van der Waals surface area (Å²) in [4.78, 5) is 7.57. The minimum atomic E-state index is 0.121. The molecule has 19 heavy (non-hydrogen) atoms. The molecule has 0 saturated carbocycles. The first kappa shape index (κ1) is 13.0. The van der Waals surface area contributed by atoms with E-state index in [0.717, 1.165) is 9.47 Å². The zero-order valence-corrected chi connectivity index (χ0v) is 13.0. The first-order valence-corrected chi connectivity index (χ1v) is 7.74. The van der Waals surface area contributed by atoms with Gasteiger partial charge in [0.25, 0.3) is 0 Å². The molecule has 98 valence electrons. The zero-order valence-electron chi connectivity index (χ0n) is 9.88. The summed E-state index contributed by atoms with van der Waals surface area (Å²) in [5, 5.41) is 0.683. The molecular formula is C13H11BrClN3S. The predicted octanol–water partition coefficient (Wildman–Crippen LogP) is 4.04. The van der Waals surface area contributed by atoms with Crippen molar-refractivity contribution in [1.82, 2.24) is 0 Å². The minimum Gasteiger partial charge on any atom is -0.369 e. The molecule has 1 aliphatic rings. The highest BCUT2D eigenvalue weighted by molar-refractivity contribution is 9.11. The molecule has 0 spiro atoms. The summed E-state index contributed by atoms with van der Waals surface area (Å²) in [5.74, 6) is 0.516. The monoisotopic (exact) mass is 355 g/mol. The summed E-state index contributed by atoms with van der Waals surface area (Å²) in [6.45, 7) is 0.657. The average Bonchev–Trinajstić information content (AvgIpc) is 2.96. The molecule has 0 aliphatic carbocycles. The Labute approximate surface area is 128 Å². The molecule has 2 N–H and O–H groups in total. The number of anilines is 1. The van der Waals surface area contributed by atoms with E-state index in [2.05, 4.69) is 27.0 Å². The first-order valence-electron chi connectivity index (χ1n) is 5.76. The van der Waals surface area contributed by atoms with Gasteiger partial charge in [0.2, 0.25) is 0 Å². The van der Waals surface area contributed by atoms with Gasteiger partial charge in [-0.3, -0.25) is 4.99 Å². The smallest absolute Gasteiger partial charge is 0.196 e. The molecule has 1 aliphatic heterocycles. The van der Waals surface area contributed by atoms with Gasteiger partial charge in [0.15, 0.2) is 5.96 Å². The fraction of sp³-hybridized carbons (Fsp3) is 0.154. The summed E-state index contributed by atoms with van der Waals surface area (Å²) in [5.41, 5.74) is 6.93. The number of para-hydroxylation sites is 1. The average molecular weight is 357 g/mol. The molecule has 6 heteroatoms. The summed E-state index contributed by atoms with van der Waals surface area (Å²) < 4.78 is 1.10. The molecule has 1 aromatic heterocycles. The number of aliphatic imine (C=N–C) groups is 1. The van der Waals surface area contributed by atoms with Crippen molar-refractivity contribution in [2.45, 2.75) is 6.04 Å². The van der Waals surface area contributed by atoms with Crippen LogP contribution in [-0.4, -0.2) is 12.5 Å². The van der Waals surface area contributed by atoms with E-state index in [4.69, 9.17) is 17.3 Å². The van der Waals surface area contributed by atoms with Gasteiger partial charge in [0.1, 0.15) is 0 Å². The number of benzene rings is 1. The van der Waals surface area contributed by atoms with E-state index in [1.807, 2.05) is 35.2 Å². The lowest BCUT2D eigenvalue weighted by Crippen LogP contribution is -2.36. The Morgan fingerprint density at radius 1 is 1.32 bits per heavy atom. The van der Waals surface area contributed by atoms with Gasteiger partial charge in [0.05, 0.1) is 27.1 Å². The molecule has 2 heterocycles. The van der Waals surface area contributed by atoms with Crippen LogP contribution in [0.5, 0.6) is 0 Å². The van der Waals surface area contributed by atoms with Crippen LogP contribution in [0, 0.1) is 0 Å². The number of hydrogen-bond donors (Lipinski definition) is 1. The van der Waals surface area contributed by atoms with Crippen molar-refractivity contribution in [3.63, 3.8) is 0 Å². The van der Waals surface area contributed by atoms with Crippen LogP contribution in [0.4, 0.5) is 5.69 Å². The van der Waals surface area contributed by atoms with Gasteiger partial charge in [-0.25, -0.2) is 0 Å². The number of thiophene rings is 1. The van der Waals surface area contributed by atoms with Crippen molar-refractivity contribution in [1.29, 1.82) is 0 Å². The van der Waals surface area contributed by atoms with Crippen LogP contribution in [0.15, 0.2) is 45.2 Å². The van der Waals surface area contributed by atoms with Gasteiger partial charge in [0, 0.05) is 4.88 Å². The van der Waals surface area contributed by atoms with E-state index >= 15 is 0 Å². The topological polar surface area (TPSA) is 41.6 Å². The fourth-order valence-corrected chi connectivity index (χ4v) is 3.89.